The van der Waals surface area contributed by atoms with Crippen molar-refractivity contribution in [2.24, 2.45) is 17.7 Å². The molecule has 1 rings (SSSR count). The van der Waals surface area contributed by atoms with Gasteiger partial charge in [-0.2, -0.15) is 0 Å². The largest absolute Gasteiger partial charge is 0.270 e. The topological polar surface area (TPSA) is 38.0 Å². The molecule has 0 spiro atoms. The molecule has 0 radical (unpaired) electrons. The molecule has 1 saturated carbocycles. The summed E-state index contributed by atoms with van der Waals surface area (Å²) in [6.45, 7) is 2.29. The molecule has 0 aromatic rings. The number of rotatable bonds is 2. The summed E-state index contributed by atoms with van der Waals surface area (Å²) in [5.41, 5.74) is 2.71. The lowest BCUT2D eigenvalue weighted by Crippen LogP contribution is -2.41. The first kappa shape index (κ1) is 9.57. The fraction of sp³-hybridized carbons (Fsp3) is 0.800. The Labute approximate surface area is 74.9 Å². The first-order valence-corrected chi connectivity index (χ1v) is 4.70. The van der Waals surface area contributed by atoms with E-state index in [2.05, 4.69) is 18.3 Å². The van der Waals surface area contributed by atoms with E-state index in [9.17, 15) is 0 Å². The summed E-state index contributed by atoms with van der Waals surface area (Å²) in [6.07, 6.45) is 10.5. The Morgan fingerprint density at radius 3 is 2.83 bits per heavy atom. The Balaban J connectivity index is 2.45. The van der Waals surface area contributed by atoms with Gasteiger partial charge < -0.3 is 0 Å². The van der Waals surface area contributed by atoms with Crippen molar-refractivity contribution in [3.63, 3.8) is 0 Å². The molecule has 3 unspecified atom stereocenters. The molecule has 0 bridgehead atoms. The number of terminal acetylenes is 1. The predicted octanol–water partition coefficient (Wildman–Crippen LogP) is 1.28. The summed E-state index contributed by atoms with van der Waals surface area (Å²) in [7, 11) is 0. The summed E-state index contributed by atoms with van der Waals surface area (Å²) < 4.78 is 0. The van der Waals surface area contributed by atoms with E-state index >= 15 is 0 Å². The number of hydrogen-bond acceptors (Lipinski definition) is 2. The highest BCUT2D eigenvalue weighted by atomic mass is 15.2. The highest BCUT2D eigenvalue weighted by Crippen LogP contribution is 2.30. The minimum Gasteiger partial charge on any atom is -0.270 e. The maximum Gasteiger partial charge on any atom is 0.0843 e. The quantitative estimate of drug-likeness (QED) is 0.368. The van der Waals surface area contributed by atoms with Gasteiger partial charge in [0.15, 0.2) is 0 Å². The van der Waals surface area contributed by atoms with Crippen molar-refractivity contribution < 1.29 is 0 Å². The third-order valence-electron chi connectivity index (χ3n) is 2.81. The van der Waals surface area contributed by atoms with Gasteiger partial charge in [0.1, 0.15) is 0 Å². The lowest BCUT2D eigenvalue weighted by Gasteiger charge is -2.30. The predicted molar refractivity (Wildman–Crippen MR) is 51.1 cm³/mol. The zero-order chi connectivity index (χ0) is 8.97. The molecule has 2 heteroatoms. The average Bonchev–Trinajstić information content (AvgIpc) is 2.07. The molecule has 0 aromatic heterocycles. The molecular weight excluding hydrogens is 148 g/mol. The monoisotopic (exact) mass is 166 g/mol. The van der Waals surface area contributed by atoms with E-state index in [1.165, 1.54) is 25.7 Å². The third kappa shape index (κ3) is 2.23. The molecule has 0 saturated heterocycles. The zero-order valence-electron chi connectivity index (χ0n) is 7.72. The minimum atomic E-state index is 0.0766. The van der Waals surface area contributed by atoms with Crippen molar-refractivity contribution in [3.8, 4) is 12.3 Å². The van der Waals surface area contributed by atoms with Crippen molar-refractivity contribution in [1.29, 1.82) is 0 Å². The van der Waals surface area contributed by atoms with Crippen LogP contribution in [0.25, 0.3) is 0 Å². The second-order valence-electron chi connectivity index (χ2n) is 3.84. The lowest BCUT2D eigenvalue weighted by molar-refractivity contribution is 0.250. The van der Waals surface area contributed by atoms with E-state index in [0.29, 0.717) is 5.92 Å². The van der Waals surface area contributed by atoms with E-state index in [-0.39, 0.29) is 6.04 Å². The second-order valence-corrected chi connectivity index (χ2v) is 3.84. The highest BCUT2D eigenvalue weighted by Gasteiger charge is 2.24. The van der Waals surface area contributed by atoms with Crippen LogP contribution in [0.2, 0.25) is 0 Å². The van der Waals surface area contributed by atoms with Crippen molar-refractivity contribution in [1.82, 2.24) is 5.43 Å². The molecule has 2 nitrogen and oxygen atoms in total. The SMILES string of the molecule is C#CC(NN)C1CCCC(C)C1. The molecule has 1 aliphatic rings. The fourth-order valence-electron chi connectivity index (χ4n) is 2.10. The van der Waals surface area contributed by atoms with Crippen molar-refractivity contribution in [2.75, 3.05) is 0 Å². The minimum absolute atomic E-state index is 0.0766. The first-order valence-electron chi connectivity index (χ1n) is 4.70. The van der Waals surface area contributed by atoms with Gasteiger partial charge in [-0.1, -0.05) is 25.7 Å². The maximum atomic E-state index is 5.37. The van der Waals surface area contributed by atoms with E-state index < -0.39 is 0 Å². The summed E-state index contributed by atoms with van der Waals surface area (Å²) in [6, 6.07) is 0.0766. The smallest absolute Gasteiger partial charge is 0.0843 e. The van der Waals surface area contributed by atoms with Crippen LogP contribution in [0, 0.1) is 24.2 Å². The van der Waals surface area contributed by atoms with Gasteiger partial charge in [0.2, 0.25) is 0 Å². The molecule has 1 aliphatic carbocycles. The van der Waals surface area contributed by atoms with Gasteiger partial charge in [-0.25, -0.2) is 5.43 Å². The molecule has 3 atom stereocenters. The number of nitrogens with one attached hydrogen (secondary N) is 1. The molecule has 0 aromatic carbocycles. The van der Waals surface area contributed by atoms with Crippen LogP contribution in [0.5, 0.6) is 0 Å². The normalized spacial score (nSPS) is 32.4. The summed E-state index contributed by atoms with van der Waals surface area (Å²) in [5.74, 6) is 9.47. The number of nitrogens with two attached hydrogens (primary N) is 1. The molecule has 68 valence electrons. The van der Waals surface area contributed by atoms with E-state index in [4.69, 9.17) is 12.3 Å². The van der Waals surface area contributed by atoms with Crippen LogP contribution in [-0.2, 0) is 0 Å². The van der Waals surface area contributed by atoms with Crippen LogP contribution >= 0.6 is 0 Å². The molecule has 0 heterocycles. The van der Waals surface area contributed by atoms with E-state index in [0.717, 1.165) is 5.92 Å². The van der Waals surface area contributed by atoms with Crippen LogP contribution in [0.4, 0.5) is 0 Å². The number of hydrogen-bond donors (Lipinski definition) is 2. The molecular formula is C10H18N2. The first-order chi connectivity index (χ1) is 5.77. The Hall–Kier alpha value is -0.520. The van der Waals surface area contributed by atoms with Gasteiger partial charge in [0.05, 0.1) is 6.04 Å². The van der Waals surface area contributed by atoms with Crippen molar-refractivity contribution in [2.45, 2.75) is 38.6 Å². The van der Waals surface area contributed by atoms with Gasteiger partial charge in [0, 0.05) is 0 Å². The summed E-state index contributed by atoms with van der Waals surface area (Å²) >= 11 is 0. The maximum absolute atomic E-state index is 5.37. The Morgan fingerprint density at radius 1 is 1.58 bits per heavy atom. The molecule has 0 aliphatic heterocycles. The van der Waals surface area contributed by atoms with Gasteiger partial charge in [-0.15, -0.1) is 6.42 Å². The van der Waals surface area contributed by atoms with Crippen LogP contribution in [0.15, 0.2) is 0 Å². The summed E-state index contributed by atoms with van der Waals surface area (Å²) in [5, 5.41) is 0. The van der Waals surface area contributed by atoms with Crippen LogP contribution < -0.4 is 11.3 Å². The Morgan fingerprint density at radius 2 is 2.33 bits per heavy atom. The standard InChI is InChI=1S/C10H18N2/c1-3-10(12-11)9-6-4-5-8(2)7-9/h1,8-10,12H,4-7,11H2,2H3. The second kappa shape index (κ2) is 4.49. The van der Waals surface area contributed by atoms with Gasteiger partial charge in [0.25, 0.3) is 0 Å². The van der Waals surface area contributed by atoms with Crippen LogP contribution in [-0.4, -0.2) is 6.04 Å². The van der Waals surface area contributed by atoms with Crippen molar-refractivity contribution >= 4 is 0 Å². The zero-order valence-corrected chi connectivity index (χ0v) is 7.72. The average molecular weight is 166 g/mol. The number of hydrazine groups is 1. The van der Waals surface area contributed by atoms with E-state index in [1.807, 2.05) is 0 Å². The molecule has 0 amide bonds. The molecule has 1 fully saturated rings. The summed E-state index contributed by atoms with van der Waals surface area (Å²) in [4.78, 5) is 0. The van der Waals surface area contributed by atoms with Gasteiger partial charge in [-0.05, 0) is 24.7 Å². The fourth-order valence-corrected chi connectivity index (χ4v) is 2.10. The van der Waals surface area contributed by atoms with Crippen LogP contribution in [0.1, 0.15) is 32.6 Å². The third-order valence-corrected chi connectivity index (χ3v) is 2.81. The van der Waals surface area contributed by atoms with Crippen molar-refractivity contribution in [3.05, 3.63) is 0 Å². The lowest BCUT2D eigenvalue weighted by atomic mass is 9.79. The molecule has 3 N–H and O–H groups in total. The van der Waals surface area contributed by atoms with Gasteiger partial charge in [-0.3, -0.25) is 5.84 Å². The molecule has 12 heavy (non-hydrogen) atoms. The highest BCUT2D eigenvalue weighted by molar-refractivity contribution is 5.02. The Bertz CT molecular complexity index is 171. The Kier molecular flexibility index (Phi) is 3.58. The van der Waals surface area contributed by atoms with E-state index in [1.54, 1.807) is 0 Å². The van der Waals surface area contributed by atoms with Crippen LogP contribution in [0.3, 0.4) is 0 Å². The van der Waals surface area contributed by atoms with Gasteiger partial charge >= 0.3 is 0 Å².